The smallest absolute Gasteiger partial charge is 0.0954 e. The average molecular weight is 166 g/mol. The molecule has 0 radical (unpaired) electrons. The van der Waals surface area contributed by atoms with Crippen molar-refractivity contribution in [3.63, 3.8) is 0 Å². The molecule has 60 valence electrons. The maximum atomic E-state index is 9.20. The number of rotatable bonds is 0. The molecule has 2 bridgehead atoms. The minimum Gasteiger partial charge on any atom is -0.390 e. The number of hydrogen-bond donors (Lipinski definition) is 3. The van der Waals surface area contributed by atoms with Gasteiger partial charge in [0.1, 0.15) is 0 Å². The summed E-state index contributed by atoms with van der Waals surface area (Å²) in [5, 5.41) is 21.5. The summed E-state index contributed by atoms with van der Waals surface area (Å²) in [7, 11) is 0. The largest absolute Gasteiger partial charge is 0.390 e. The number of fused-ring (bicyclic) bond motifs is 2. The van der Waals surface area contributed by atoms with Gasteiger partial charge in [-0.25, -0.2) is 0 Å². The Kier molecular flexibility index (Phi) is 2.20. The van der Waals surface area contributed by atoms with Crippen molar-refractivity contribution in [3.8, 4) is 0 Å². The van der Waals surface area contributed by atoms with Crippen LogP contribution in [-0.2, 0) is 0 Å². The van der Waals surface area contributed by atoms with Crippen LogP contribution < -0.4 is 5.32 Å². The average Bonchev–Trinajstić information content (AvgIpc) is 2.37. The van der Waals surface area contributed by atoms with E-state index in [1.807, 2.05) is 0 Å². The maximum absolute atomic E-state index is 9.20. The predicted octanol–water partition coefficient (Wildman–Crippen LogP) is -0.878. The Morgan fingerprint density at radius 3 is 2.20 bits per heavy atom. The van der Waals surface area contributed by atoms with Crippen molar-refractivity contribution in [2.75, 3.05) is 6.54 Å². The van der Waals surface area contributed by atoms with E-state index in [4.69, 9.17) is 0 Å². The summed E-state index contributed by atoms with van der Waals surface area (Å²) in [6.45, 7) is 0.878. The Morgan fingerprint density at radius 1 is 1.20 bits per heavy atom. The molecule has 10 heavy (non-hydrogen) atoms. The van der Waals surface area contributed by atoms with Gasteiger partial charge in [-0.05, 0) is 6.42 Å². The fourth-order valence-electron chi connectivity index (χ4n) is 1.83. The zero-order valence-electron chi connectivity index (χ0n) is 5.53. The number of hydrogen-bond acceptors (Lipinski definition) is 3. The molecule has 4 unspecified atom stereocenters. The van der Waals surface area contributed by atoms with Crippen molar-refractivity contribution in [1.29, 1.82) is 0 Å². The molecule has 2 rings (SSSR count). The van der Waals surface area contributed by atoms with Gasteiger partial charge in [0.05, 0.1) is 12.2 Å². The molecule has 3 nitrogen and oxygen atoms in total. The number of halogens is 1. The molecule has 0 amide bonds. The van der Waals surface area contributed by atoms with Gasteiger partial charge in [0.15, 0.2) is 0 Å². The van der Waals surface area contributed by atoms with Crippen LogP contribution in [0.25, 0.3) is 0 Å². The van der Waals surface area contributed by atoms with Crippen molar-refractivity contribution in [2.45, 2.75) is 24.7 Å². The van der Waals surface area contributed by atoms with E-state index < -0.39 is 12.2 Å². The molecule has 1 aliphatic carbocycles. The molecule has 0 aromatic rings. The van der Waals surface area contributed by atoms with E-state index in [1.54, 1.807) is 0 Å². The molecule has 0 aromatic heterocycles. The summed E-state index contributed by atoms with van der Waals surface area (Å²) in [6, 6.07) is 0.171. The normalized spacial score (nSPS) is 51.0. The van der Waals surface area contributed by atoms with E-state index in [0.717, 1.165) is 13.0 Å². The molecular formula is C6H12ClNO2. The highest BCUT2D eigenvalue weighted by Gasteiger charge is 2.45. The molecule has 2 fully saturated rings. The topological polar surface area (TPSA) is 52.5 Å². The van der Waals surface area contributed by atoms with Crippen LogP contribution in [0, 0.1) is 5.92 Å². The Bertz CT molecular complexity index is 115. The minimum absolute atomic E-state index is 0. The Morgan fingerprint density at radius 2 is 1.90 bits per heavy atom. The lowest BCUT2D eigenvalue weighted by molar-refractivity contribution is -0.00445. The van der Waals surface area contributed by atoms with Crippen LogP contribution in [0.1, 0.15) is 6.42 Å². The summed E-state index contributed by atoms with van der Waals surface area (Å²) < 4.78 is 0. The lowest BCUT2D eigenvalue weighted by atomic mass is 10.1. The zero-order valence-corrected chi connectivity index (χ0v) is 6.34. The summed E-state index contributed by atoms with van der Waals surface area (Å²) in [6.07, 6.45) is -0.0255. The van der Waals surface area contributed by atoms with E-state index in [-0.39, 0.29) is 18.4 Å². The molecule has 1 aliphatic heterocycles. The van der Waals surface area contributed by atoms with Crippen LogP contribution in [0.5, 0.6) is 0 Å². The third-order valence-corrected chi connectivity index (χ3v) is 2.44. The first kappa shape index (κ1) is 8.27. The van der Waals surface area contributed by atoms with Gasteiger partial charge in [-0.3, -0.25) is 0 Å². The number of nitrogens with one attached hydrogen (secondary N) is 1. The van der Waals surface area contributed by atoms with Crippen LogP contribution in [0.2, 0.25) is 0 Å². The molecule has 4 atom stereocenters. The first-order valence-electron chi connectivity index (χ1n) is 3.38. The lowest BCUT2D eigenvalue weighted by Crippen LogP contribution is -2.45. The highest BCUT2D eigenvalue weighted by atomic mass is 35.5. The van der Waals surface area contributed by atoms with Gasteiger partial charge >= 0.3 is 0 Å². The molecule has 1 heterocycles. The van der Waals surface area contributed by atoms with Crippen molar-refractivity contribution in [3.05, 3.63) is 0 Å². The SMILES string of the molecule is Cl.OC1C2CNC(C2)C1O. The first-order valence-corrected chi connectivity index (χ1v) is 3.38. The van der Waals surface area contributed by atoms with Crippen molar-refractivity contribution in [2.24, 2.45) is 5.92 Å². The van der Waals surface area contributed by atoms with E-state index in [2.05, 4.69) is 5.32 Å². The Hall–Kier alpha value is 0.170. The van der Waals surface area contributed by atoms with Crippen molar-refractivity contribution < 1.29 is 10.2 Å². The molecule has 4 heteroatoms. The zero-order chi connectivity index (χ0) is 6.43. The fraction of sp³-hybridized carbons (Fsp3) is 1.00. The summed E-state index contributed by atoms with van der Waals surface area (Å²) in [4.78, 5) is 0. The van der Waals surface area contributed by atoms with Gasteiger partial charge in [-0.2, -0.15) is 0 Å². The third kappa shape index (κ3) is 0.937. The molecule has 2 aliphatic rings. The van der Waals surface area contributed by atoms with Crippen molar-refractivity contribution in [1.82, 2.24) is 5.32 Å². The number of aliphatic hydroxyl groups is 2. The second-order valence-electron chi connectivity index (χ2n) is 2.99. The highest BCUT2D eigenvalue weighted by Crippen LogP contribution is 2.31. The molecule has 1 saturated carbocycles. The third-order valence-electron chi connectivity index (χ3n) is 2.44. The summed E-state index contributed by atoms with van der Waals surface area (Å²) in [5.41, 5.74) is 0. The Balaban J connectivity index is 0.000000500. The Labute approximate surface area is 65.8 Å². The molecular weight excluding hydrogens is 154 g/mol. The first-order chi connectivity index (χ1) is 4.29. The highest BCUT2D eigenvalue weighted by molar-refractivity contribution is 5.85. The van der Waals surface area contributed by atoms with E-state index >= 15 is 0 Å². The molecule has 0 aromatic carbocycles. The lowest BCUT2D eigenvalue weighted by Gasteiger charge is -2.22. The van der Waals surface area contributed by atoms with Crippen LogP contribution in [0.15, 0.2) is 0 Å². The van der Waals surface area contributed by atoms with Crippen LogP contribution in [0.4, 0.5) is 0 Å². The molecule has 1 saturated heterocycles. The quantitative estimate of drug-likeness (QED) is 0.437. The van der Waals surface area contributed by atoms with Gasteiger partial charge in [0.2, 0.25) is 0 Å². The van der Waals surface area contributed by atoms with Crippen molar-refractivity contribution >= 4 is 12.4 Å². The summed E-state index contributed by atoms with van der Waals surface area (Å²) >= 11 is 0. The number of piperidine rings is 1. The fourth-order valence-corrected chi connectivity index (χ4v) is 1.83. The van der Waals surface area contributed by atoms with Gasteiger partial charge in [0.25, 0.3) is 0 Å². The standard InChI is InChI=1S/C6H11NO2.ClH/c8-5-3-1-4(6(5)9)7-2-3;/h3-9H,1-2H2;1H. The minimum atomic E-state index is -0.510. The predicted molar refractivity (Wildman–Crippen MR) is 39.2 cm³/mol. The second-order valence-corrected chi connectivity index (χ2v) is 2.99. The van der Waals surface area contributed by atoms with E-state index in [9.17, 15) is 10.2 Å². The van der Waals surface area contributed by atoms with Crippen LogP contribution >= 0.6 is 12.4 Å². The van der Waals surface area contributed by atoms with E-state index in [0.29, 0.717) is 5.92 Å². The van der Waals surface area contributed by atoms with Gasteiger partial charge in [-0.15, -0.1) is 12.4 Å². The summed E-state index contributed by atoms with van der Waals surface area (Å²) in [5.74, 6) is 0.310. The van der Waals surface area contributed by atoms with Crippen LogP contribution in [0.3, 0.4) is 0 Å². The number of aliphatic hydroxyl groups excluding tert-OH is 2. The maximum Gasteiger partial charge on any atom is 0.0954 e. The monoisotopic (exact) mass is 165 g/mol. The van der Waals surface area contributed by atoms with Gasteiger partial charge in [0, 0.05) is 18.5 Å². The van der Waals surface area contributed by atoms with E-state index in [1.165, 1.54) is 0 Å². The molecule has 3 N–H and O–H groups in total. The van der Waals surface area contributed by atoms with Crippen LogP contribution in [-0.4, -0.2) is 35.0 Å². The second kappa shape index (κ2) is 2.66. The van der Waals surface area contributed by atoms with Gasteiger partial charge < -0.3 is 15.5 Å². The van der Waals surface area contributed by atoms with Gasteiger partial charge in [-0.1, -0.05) is 0 Å². The molecule has 0 spiro atoms.